The predicted octanol–water partition coefficient (Wildman–Crippen LogP) is -0.835. The lowest BCUT2D eigenvalue weighted by atomic mass is 9.93. The fourth-order valence-corrected chi connectivity index (χ4v) is 2.25. The lowest BCUT2D eigenvalue weighted by Crippen LogP contribution is -2.67. The molecule has 0 unspecified atom stereocenters. The van der Waals surface area contributed by atoms with E-state index < -0.39 is 5.60 Å². The highest BCUT2D eigenvalue weighted by Crippen LogP contribution is 2.23. The van der Waals surface area contributed by atoms with Gasteiger partial charge >= 0.3 is 0 Å². The number of likely N-dealkylation sites (N-methyl/N-ethyl adjacent to an activating group) is 2. The molecule has 0 spiro atoms. The molecule has 17 heavy (non-hydrogen) atoms. The second-order valence-electron chi connectivity index (χ2n) is 4.78. The molecule has 0 saturated carbocycles. The Balaban J connectivity index is 1.95. The summed E-state index contributed by atoms with van der Waals surface area (Å²) in [6, 6.07) is 0. The molecule has 0 atom stereocenters. The second-order valence-corrected chi connectivity index (χ2v) is 4.78. The molecule has 2 aliphatic heterocycles. The van der Waals surface area contributed by atoms with E-state index in [-0.39, 0.29) is 5.91 Å². The van der Waals surface area contributed by atoms with Crippen LogP contribution in [-0.4, -0.2) is 66.7 Å². The van der Waals surface area contributed by atoms with Crippen LogP contribution in [0.2, 0.25) is 0 Å². The molecule has 0 aromatic heterocycles. The Morgan fingerprint density at radius 2 is 2.29 bits per heavy atom. The average molecular weight is 237 g/mol. The summed E-state index contributed by atoms with van der Waals surface area (Å²) < 4.78 is 0. The monoisotopic (exact) mass is 237 g/mol. The van der Waals surface area contributed by atoms with Crippen molar-refractivity contribution in [2.75, 3.05) is 40.3 Å². The van der Waals surface area contributed by atoms with Gasteiger partial charge in [0.05, 0.1) is 13.1 Å². The number of nitrogens with zero attached hydrogens (tertiary/aromatic N) is 2. The first-order valence-corrected chi connectivity index (χ1v) is 5.80. The minimum Gasteiger partial charge on any atom is -0.385 e. The van der Waals surface area contributed by atoms with Crippen LogP contribution in [0.25, 0.3) is 0 Å². The Bertz CT molecular complexity index is 370. The van der Waals surface area contributed by atoms with E-state index >= 15 is 0 Å². The van der Waals surface area contributed by atoms with Crippen molar-refractivity contribution in [2.45, 2.75) is 5.60 Å². The fourth-order valence-electron chi connectivity index (χ4n) is 2.25. The van der Waals surface area contributed by atoms with Crippen molar-refractivity contribution in [3.05, 3.63) is 23.9 Å². The zero-order valence-corrected chi connectivity index (χ0v) is 10.3. The van der Waals surface area contributed by atoms with Gasteiger partial charge in [-0.15, -0.1) is 0 Å². The first kappa shape index (κ1) is 12.1. The lowest BCUT2D eigenvalue weighted by molar-refractivity contribution is -0.151. The molecule has 94 valence electrons. The topological polar surface area (TPSA) is 55.8 Å². The number of hydrogen-bond donors (Lipinski definition) is 2. The van der Waals surface area contributed by atoms with Gasteiger partial charge in [0.2, 0.25) is 0 Å². The van der Waals surface area contributed by atoms with E-state index in [1.807, 2.05) is 30.2 Å². The molecule has 1 saturated heterocycles. The number of amides is 1. The summed E-state index contributed by atoms with van der Waals surface area (Å²) in [5, 5.41) is 12.9. The number of β-amino-alcohol motifs (C(OH)–C–C–N with tert-alkyl or cyclic N) is 1. The largest absolute Gasteiger partial charge is 0.385 e. The maximum atomic E-state index is 12.1. The van der Waals surface area contributed by atoms with E-state index in [1.54, 1.807) is 11.9 Å². The molecule has 0 bridgehead atoms. The molecule has 1 fully saturated rings. The van der Waals surface area contributed by atoms with Crippen molar-refractivity contribution in [1.82, 2.24) is 15.1 Å². The van der Waals surface area contributed by atoms with E-state index in [9.17, 15) is 9.90 Å². The Kier molecular flexibility index (Phi) is 3.22. The van der Waals surface area contributed by atoms with Crippen LogP contribution < -0.4 is 5.32 Å². The van der Waals surface area contributed by atoms with Gasteiger partial charge in [-0.3, -0.25) is 4.79 Å². The van der Waals surface area contributed by atoms with E-state index in [4.69, 9.17) is 0 Å². The van der Waals surface area contributed by atoms with E-state index in [0.717, 1.165) is 6.54 Å². The molecule has 0 aromatic rings. The van der Waals surface area contributed by atoms with Gasteiger partial charge in [0, 0.05) is 20.1 Å². The number of nitrogens with one attached hydrogen (secondary N) is 1. The van der Waals surface area contributed by atoms with E-state index in [2.05, 4.69) is 5.32 Å². The number of aliphatic hydroxyl groups is 1. The highest BCUT2D eigenvalue weighted by Gasteiger charge is 2.44. The van der Waals surface area contributed by atoms with Gasteiger partial charge in [0.15, 0.2) is 0 Å². The molecule has 2 heterocycles. The molecule has 2 N–H and O–H groups in total. The van der Waals surface area contributed by atoms with Gasteiger partial charge in [-0.1, -0.05) is 12.2 Å². The van der Waals surface area contributed by atoms with Crippen molar-refractivity contribution in [2.24, 2.45) is 0 Å². The van der Waals surface area contributed by atoms with Gasteiger partial charge in [-0.25, -0.2) is 0 Å². The van der Waals surface area contributed by atoms with Crippen LogP contribution in [0.5, 0.6) is 0 Å². The number of carbonyl (C=O) groups is 1. The first-order valence-electron chi connectivity index (χ1n) is 5.80. The zero-order valence-electron chi connectivity index (χ0n) is 10.3. The fraction of sp³-hybridized carbons (Fsp3) is 0.583. The standard InChI is InChI=1S/C12H19N3O2/c1-13-7-12(17)8-15(9-12)11(16)10-5-3-4-6-14(10)2/h3-5,13,17H,6-9H2,1-2H3. The van der Waals surface area contributed by atoms with Crippen LogP contribution in [0.4, 0.5) is 0 Å². The van der Waals surface area contributed by atoms with Crippen LogP contribution in [0, 0.1) is 0 Å². The number of carbonyl (C=O) groups excluding carboxylic acids is 1. The second kappa shape index (κ2) is 4.50. The van der Waals surface area contributed by atoms with Crippen molar-refractivity contribution in [3.8, 4) is 0 Å². The van der Waals surface area contributed by atoms with Crippen LogP contribution >= 0.6 is 0 Å². The zero-order chi connectivity index (χ0) is 12.5. The lowest BCUT2D eigenvalue weighted by Gasteiger charge is -2.47. The Morgan fingerprint density at radius 1 is 1.59 bits per heavy atom. The number of allylic oxidation sites excluding steroid dienone is 2. The molecule has 0 aromatic carbocycles. The Morgan fingerprint density at radius 3 is 2.88 bits per heavy atom. The minimum absolute atomic E-state index is 0.00220. The van der Waals surface area contributed by atoms with Crippen LogP contribution in [0.3, 0.4) is 0 Å². The molecule has 1 amide bonds. The van der Waals surface area contributed by atoms with E-state index in [1.165, 1.54) is 0 Å². The van der Waals surface area contributed by atoms with E-state index in [0.29, 0.717) is 25.3 Å². The summed E-state index contributed by atoms with van der Waals surface area (Å²) in [4.78, 5) is 15.7. The number of likely N-dealkylation sites (tertiary alicyclic amines) is 1. The summed E-state index contributed by atoms with van der Waals surface area (Å²) in [6.45, 7) is 2.08. The SMILES string of the molecule is CNCC1(O)CN(C(=O)C2=CC=CCN2C)C1. The van der Waals surface area contributed by atoms with Crippen molar-refractivity contribution >= 4 is 5.91 Å². The first-order chi connectivity index (χ1) is 8.06. The smallest absolute Gasteiger partial charge is 0.270 e. The van der Waals surface area contributed by atoms with Gasteiger partial charge in [-0.05, 0) is 13.1 Å². The molecule has 5 nitrogen and oxygen atoms in total. The van der Waals surface area contributed by atoms with Crippen molar-refractivity contribution < 1.29 is 9.90 Å². The highest BCUT2D eigenvalue weighted by molar-refractivity contribution is 5.94. The molecular weight excluding hydrogens is 218 g/mol. The number of rotatable bonds is 3. The normalized spacial score (nSPS) is 22.2. The molecule has 2 rings (SSSR count). The summed E-state index contributed by atoms with van der Waals surface area (Å²) in [5.41, 5.74) is -0.0624. The van der Waals surface area contributed by atoms with Gasteiger partial charge in [0.1, 0.15) is 11.3 Å². The van der Waals surface area contributed by atoms with Crippen molar-refractivity contribution in [1.29, 1.82) is 0 Å². The minimum atomic E-state index is -0.756. The molecule has 0 aliphatic carbocycles. The summed E-state index contributed by atoms with van der Waals surface area (Å²) in [6.07, 6.45) is 5.72. The average Bonchev–Trinajstić information content (AvgIpc) is 2.26. The molecular formula is C12H19N3O2. The van der Waals surface area contributed by atoms with Gasteiger partial charge < -0.3 is 20.2 Å². The summed E-state index contributed by atoms with van der Waals surface area (Å²) in [5.74, 6) is -0.00220. The maximum absolute atomic E-state index is 12.1. The maximum Gasteiger partial charge on any atom is 0.270 e. The third kappa shape index (κ3) is 2.35. The van der Waals surface area contributed by atoms with Crippen molar-refractivity contribution in [3.63, 3.8) is 0 Å². The summed E-state index contributed by atoms with van der Waals surface area (Å²) >= 11 is 0. The van der Waals surface area contributed by atoms with Crippen LogP contribution in [0.15, 0.2) is 23.9 Å². The number of hydrogen-bond acceptors (Lipinski definition) is 4. The Hall–Kier alpha value is -1.33. The molecule has 2 aliphatic rings. The third-order valence-corrected chi connectivity index (χ3v) is 3.16. The quantitative estimate of drug-likeness (QED) is 0.672. The van der Waals surface area contributed by atoms with Gasteiger partial charge in [0.25, 0.3) is 5.91 Å². The third-order valence-electron chi connectivity index (χ3n) is 3.16. The molecule has 5 heteroatoms. The Labute approximate surface area is 101 Å². The highest BCUT2D eigenvalue weighted by atomic mass is 16.3. The predicted molar refractivity (Wildman–Crippen MR) is 65.3 cm³/mol. The van der Waals surface area contributed by atoms with Gasteiger partial charge in [-0.2, -0.15) is 0 Å². The van der Waals surface area contributed by atoms with Crippen LogP contribution in [0.1, 0.15) is 0 Å². The summed E-state index contributed by atoms with van der Waals surface area (Å²) in [7, 11) is 3.69. The molecule has 0 radical (unpaired) electrons. The van der Waals surface area contributed by atoms with Crippen LogP contribution in [-0.2, 0) is 4.79 Å².